The number of carboxylic acids is 2. The number of hydrogen-bond acceptors (Lipinski definition) is 5. The van der Waals surface area contributed by atoms with Gasteiger partial charge in [-0.3, -0.25) is 9.79 Å². The van der Waals surface area contributed by atoms with Gasteiger partial charge >= 0.3 is 11.9 Å². The number of nitrogens with two attached hydrogens (primary N) is 1. The van der Waals surface area contributed by atoms with Gasteiger partial charge in [-0.25, -0.2) is 9.78 Å². The van der Waals surface area contributed by atoms with Crippen molar-refractivity contribution in [1.82, 2.24) is 4.98 Å². The summed E-state index contributed by atoms with van der Waals surface area (Å²) in [6.07, 6.45) is 4.43. The first kappa shape index (κ1) is 22.0. The summed E-state index contributed by atoms with van der Waals surface area (Å²) < 4.78 is 0. The van der Waals surface area contributed by atoms with E-state index in [1.807, 2.05) is 36.4 Å². The number of aromatic nitrogens is 1. The van der Waals surface area contributed by atoms with Crippen LogP contribution in [-0.2, 0) is 9.59 Å². The van der Waals surface area contributed by atoms with Gasteiger partial charge in [0, 0.05) is 16.5 Å². The third kappa shape index (κ3) is 4.39. The molecule has 1 aliphatic heterocycles. The molecule has 0 amide bonds. The zero-order valence-electron chi connectivity index (χ0n) is 18.0. The summed E-state index contributed by atoms with van der Waals surface area (Å²) in [5, 5.41) is 18.6. The number of carbonyl (C=O) groups is 2. The van der Waals surface area contributed by atoms with Crippen LogP contribution in [0.3, 0.4) is 0 Å². The largest absolute Gasteiger partial charge is 0.481 e. The van der Waals surface area contributed by atoms with E-state index in [9.17, 15) is 9.59 Å². The quantitative estimate of drug-likeness (QED) is 0.562. The van der Waals surface area contributed by atoms with Gasteiger partial charge in [0.1, 0.15) is 17.6 Å². The first-order valence-electron chi connectivity index (χ1n) is 10.4. The number of fused-ring (bicyclic) bond motifs is 2. The van der Waals surface area contributed by atoms with Crippen molar-refractivity contribution in [2.24, 2.45) is 16.1 Å². The lowest BCUT2D eigenvalue weighted by Crippen LogP contribution is -2.28. The fourth-order valence-corrected chi connectivity index (χ4v) is 3.89. The van der Waals surface area contributed by atoms with E-state index in [2.05, 4.69) is 34.2 Å². The smallest absolute Gasteiger partial charge is 0.331 e. The van der Waals surface area contributed by atoms with Crippen LogP contribution in [-0.4, -0.2) is 33.0 Å². The average molecular weight is 441 g/mol. The molecule has 0 saturated heterocycles. The van der Waals surface area contributed by atoms with E-state index in [4.69, 9.17) is 15.9 Å². The fraction of sp³-hybridized carbons (Fsp3) is 0.154. The van der Waals surface area contributed by atoms with E-state index in [-0.39, 0.29) is 18.0 Å². The summed E-state index contributed by atoms with van der Waals surface area (Å²) in [5.74, 6) is -1.54. The van der Waals surface area contributed by atoms with Crippen LogP contribution in [0, 0.1) is 5.41 Å². The predicted molar refractivity (Wildman–Crippen MR) is 126 cm³/mol. The SMILES string of the molecule is CC1(C(=O)O)C=CC=C(C(=O)O)C1.NC1=NC(c2ccccc2)c2cc3ccccc3nc21. The van der Waals surface area contributed by atoms with Gasteiger partial charge in [-0.1, -0.05) is 66.8 Å². The molecule has 1 aliphatic carbocycles. The third-order valence-corrected chi connectivity index (χ3v) is 5.76. The summed E-state index contributed by atoms with van der Waals surface area (Å²) in [5.41, 5.74) is 9.11. The van der Waals surface area contributed by atoms with Crippen LogP contribution < -0.4 is 5.73 Å². The number of pyridine rings is 1. The molecule has 0 saturated carbocycles. The standard InChI is InChI=1S/C17H13N3.C9H10O4/c18-17-16-13(10-12-8-4-5-9-14(12)19-16)15(20-17)11-6-2-1-3-7-11;1-9(8(12)13)4-2-3-6(5-9)7(10)11/h1-10,15H,(H2,18,20);2-4H,5H2,1H3,(H,10,11)(H,12,13). The lowest BCUT2D eigenvalue weighted by atomic mass is 9.80. The number of amidine groups is 1. The molecule has 0 spiro atoms. The molecular weight excluding hydrogens is 418 g/mol. The van der Waals surface area contributed by atoms with Crippen LogP contribution in [0.5, 0.6) is 0 Å². The number of aliphatic imine (C=N–C) groups is 1. The Morgan fingerprint density at radius 3 is 2.45 bits per heavy atom. The fourth-order valence-electron chi connectivity index (χ4n) is 3.89. The zero-order valence-corrected chi connectivity index (χ0v) is 18.0. The Hall–Kier alpha value is -4.26. The molecule has 0 bridgehead atoms. The number of allylic oxidation sites excluding steroid dienone is 2. The molecule has 3 aromatic rings. The van der Waals surface area contributed by atoms with Gasteiger partial charge in [0.2, 0.25) is 0 Å². The summed E-state index contributed by atoms with van der Waals surface area (Å²) >= 11 is 0. The van der Waals surface area contributed by atoms with E-state index >= 15 is 0 Å². The van der Waals surface area contributed by atoms with Gasteiger partial charge in [-0.15, -0.1) is 0 Å². The van der Waals surface area contributed by atoms with Crippen molar-refractivity contribution in [3.05, 3.63) is 101 Å². The molecule has 7 heteroatoms. The molecule has 1 aromatic heterocycles. The topological polar surface area (TPSA) is 126 Å². The number of aliphatic carboxylic acids is 2. The number of benzene rings is 2. The molecule has 2 aromatic carbocycles. The third-order valence-electron chi connectivity index (χ3n) is 5.76. The van der Waals surface area contributed by atoms with Crippen LogP contribution in [0.15, 0.2) is 89.5 Å². The van der Waals surface area contributed by atoms with Gasteiger partial charge < -0.3 is 15.9 Å². The maximum Gasteiger partial charge on any atom is 0.331 e. The molecule has 7 nitrogen and oxygen atoms in total. The highest BCUT2D eigenvalue weighted by molar-refractivity contribution is 6.02. The molecule has 33 heavy (non-hydrogen) atoms. The second kappa shape index (κ2) is 8.70. The molecular formula is C26H23N3O4. The molecule has 5 rings (SSSR count). The molecule has 2 atom stereocenters. The maximum absolute atomic E-state index is 10.8. The summed E-state index contributed by atoms with van der Waals surface area (Å²) in [7, 11) is 0. The summed E-state index contributed by atoms with van der Waals surface area (Å²) in [4.78, 5) is 30.6. The highest BCUT2D eigenvalue weighted by atomic mass is 16.4. The number of hydrogen-bond donors (Lipinski definition) is 3. The Morgan fingerprint density at radius 1 is 1.06 bits per heavy atom. The summed E-state index contributed by atoms with van der Waals surface area (Å²) in [6.45, 7) is 1.50. The maximum atomic E-state index is 10.8. The van der Waals surface area contributed by atoms with Gasteiger partial charge in [-0.05, 0) is 31.0 Å². The van der Waals surface area contributed by atoms with Crippen molar-refractivity contribution in [3.8, 4) is 0 Å². The van der Waals surface area contributed by atoms with Gasteiger partial charge in [0.15, 0.2) is 0 Å². The van der Waals surface area contributed by atoms with Gasteiger partial charge in [0.25, 0.3) is 0 Å². The van der Waals surface area contributed by atoms with Crippen LogP contribution in [0.25, 0.3) is 10.9 Å². The molecule has 4 N–H and O–H groups in total. The molecule has 0 fully saturated rings. The number of rotatable bonds is 3. The summed E-state index contributed by atoms with van der Waals surface area (Å²) in [6, 6.07) is 20.4. The Kier molecular flexibility index (Phi) is 5.79. The lowest BCUT2D eigenvalue weighted by Gasteiger charge is -2.23. The molecule has 2 heterocycles. The second-order valence-corrected chi connectivity index (χ2v) is 8.20. The molecule has 2 unspecified atom stereocenters. The first-order chi connectivity index (χ1) is 15.8. The number of carboxylic acid groups (broad SMARTS) is 2. The minimum atomic E-state index is -1.08. The Labute approximate surface area is 190 Å². The Balaban J connectivity index is 0.000000174. The highest BCUT2D eigenvalue weighted by Crippen LogP contribution is 2.35. The van der Waals surface area contributed by atoms with Crippen LogP contribution in [0.1, 0.15) is 36.2 Å². The van der Waals surface area contributed by atoms with Crippen molar-refractivity contribution in [2.75, 3.05) is 0 Å². The lowest BCUT2D eigenvalue weighted by molar-refractivity contribution is -0.145. The van der Waals surface area contributed by atoms with Gasteiger partial charge in [-0.2, -0.15) is 0 Å². The van der Waals surface area contributed by atoms with Gasteiger partial charge in [0.05, 0.1) is 10.9 Å². The minimum Gasteiger partial charge on any atom is -0.481 e. The minimum absolute atomic E-state index is 0.0359. The van der Waals surface area contributed by atoms with E-state index in [0.717, 1.165) is 27.7 Å². The van der Waals surface area contributed by atoms with E-state index in [0.29, 0.717) is 5.84 Å². The van der Waals surface area contributed by atoms with Crippen molar-refractivity contribution >= 4 is 28.7 Å². The van der Waals surface area contributed by atoms with E-state index < -0.39 is 17.4 Å². The first-order valence-corrected chi connectivity index (χ1v) is 10.4. The van der Waals surface area contributed by atoms with Crippen molar-refractivity contribution in [2.45, 2.75) is 19.4 Å². The average Bonchev–Trinajstić information content (AvgIpc) is 3.14. The van der Waals surface area contributed by atoms with Crippen LogP contribution in [0.2, 0.25) is 0 Å². The van der Waals surface area contributed by atoms with Crippen molar-refractivity contribution in [3.63, 3.8) is 0 Å². The number of nitrogens with zero attached hydrogens (tertiary/aromatic N) is 2. The second-order valence-electron chi connectivity index (χ2n) is 8.20. The number of para-hydroxylation sites is 1. The van der Waals surface area contributed by atoms with Crippen LogP contribution in [0.4, 0.5) is 0 Å². The molecule has 0 radical (unpaired) electrons. The Bertz CT molecular complexity index is 1330. The Morgan fingerprint density at radius 2 is 1.76 bits per heavy atom. The van der Waals surface area contributed by atoms with Crippen molar-refractivity contribution in [1.29, 1.82) is 0 Å². The van der Waals surface area contributed by atoms with E-state index in [1.54, 1.807) is 0 Å². The predicted octanol–water partition coefficient (Wildman–Crippen LogP) is 4.09. The highest BCUT2D eigenvalue weighted by Gasteiger charge is 2.34. The monoisotopic (exact) mass is 441 g/mol. The normalized spacial score (nSPS) is 20.8. The zero-order chi connectivity index (χ0) is 23.6. The van der Waals surface area contributed by atoms with E-state index in [1.165, 1.54) is 25.2 Å². The molecule has 2 aliphatic rings. The van der Waals surface area contributed by atoms with Crippen LogP contribution >= 0.6 is 0 Å². The van der Waals surface area contributed by atoms with Crippen molar-refractivity contribution < 1.29 is 19.8 Å². The molecule has 166 valence electrons.